The van der Waals surface area contributed by atoms with Gasteiger partial charge in [0.25, 0.3) is 0 Å². The Balaban J connectivity index is 1.56. The summed E-state index contributed by atoms with van der Waals surface area (Å²) in [5.74, 6) is 1.09. The normalized spacial score (nSPS) is 15.7. The van der Waals surface area contributed by atoms with Gasteiger partial charge in [-0.05, 0) is 26.7 Å². The summed E-state index contributed by atoms with van der Waals surface area (Å²) in [7, 11) is 0. The van der Waals surface area contributed by atoms with Crippen molar-refractivity contribution in [2.75, 3.05) is 0 Å². The van der Waals surface area contributed by atoms with Crippen LogP contribution in [0.15, 0.2) is 28.8 Å². The monoisotopic (exact) mass is 396 g/mol. The van der Waals surface area contributed by atoms with Crippen LogP contribution in [-0.2, 0) is 16.8 Å². The fourth-order valence-electron chi connectivity index (χ4n) is 3.86. The van der Waals surface area contributed by atoms with Gasteiger partial charge < -0.3 is 9.84 Å². The maximum atomic E-state index is 13.0. The van der Waals surface area contributed by atoms with Crippen molar-refractivity contribution in [2.24, 2.45) is 0 Å². The van der Waals surface area contributed by atoms with E-state index in [0.717, 1.165) is 46.8 Å². The van der Waals surface area contributed by atoms with Gasteiger partial charge >= 0.3 is 0 Å². The number of nitrogens with zero attached hydrogens (tertiary/aromatic N) is 3. The SMILES string of the molecule is Cc1ccc(-c2nc(C)sc2CC(=O)NC2(c3noc(C)n3)CCCC2)cc1. The molecular formula is C21H24N4O2S. The summed E-state index contributed by atoms with van der Waals surface area (Å²) < 4.78 is 5.17. The molecule has 0 radical (unpaired) electrons. The Kier molecular flexibility index (Phi) is 5.02. The van der Waals surface area contributed by atoms with Gasteiger partial charge in [0.15, 0.2) is 5.82 Å². The van der Waals surface area contributed by atoms with Crippen LogP contribution in [0.2, 0.25) is 0 Å². The minimum absolute atomic E-state index is 0.0265. The number of nitrogens with one attached hydrogen (secondary N) is 1. The minimum Gasteiger partial charge on any atom is -0.343 e. The molecule has 146 valence electrons. The molecule has 0 bridgehead atoms. The van der Waals surface area contributed by atoms with Gasteiger partial charge in [-0.2, -0.15) is 4.98 Å². The van der Waals surface area contributed by atoms with Gasteiger partial charge in [0, 0.05) is 17.4 Å². The molecule has 4 rings (SSSR count). The van der Waals surface area contributed by atoms with E-state index < -0.39 is 5.54 Å². The van der Waals surface area contributed by atoms with Crippen molar-refractivity contribution in [2.45, 2.75) is 58.4 Å². The van der Waals surface area contributed by atoms with E-state index in [2.05, 4.69) is 51.6 Å². The van der Waals surface area contributed by atoms with Crippen LogP contribution in [-0.4, -0.2) is 21.0 Å². The first-order chi connectivity index (χ1) is 13.4. The molecule has 0 saturated heterocycles. The highest BCUT2D eigenvalue weighted by molar-refractivity contribution is 7.12. The Bertz CT molecular complexity index is 984. The van der Waals surface area contributed by atoms with Crippen molar-refractivity contribution < 1.29 is 9.32 Å². The highest BCUT2D eigenvalue weighted by Crippen LogP contribution is 2.37. The van der Waals surface area contributed by atoms with Crippen molar-refractivity contribution >= 4 is 17.2 Å². The molecule has 1 N–H and O–H groups in total. The minimum atomic E-state index is -0.515. The zero-order valence-electron chi connectivity index (χ0n) is 16.4. The lowest BCUT2D eigenvalue weighted by molar-refractivity contribution is -0.122. The van der Waals surface area contributed by atoms with Crippen molar-refractivity contribution in [3.05, 3.63) is 51.4 Å². The summed E-state index contributed by atoms with van der Waals surface area (Å²) in [6.07, 6.45) is 4.06. The van der Waals surface area contributed by atoms with Crippen LogP contribution >= 0.6 is 11.3 Å². The number of aromatic nitrogens is 3. The summed E-state index contributed by atoms with van der Waals surface area (Å²) in [6, 6.07) is 8.26. The molecular weight excluding hydrogens is 372 g/mol. The largest absolute Gasteiger partial charge is 0.343 e. The molecule has 0 aliphatic heterocycles. The van der Waals surface area contributed by atoms with E-state index in [1.165, 1.54) is 5.56 Å². The zero-order valence-corrected chi connectivity index (χ0v) is 17.2. The zero-order chi connectivity index (χ0) is 19.7. The number of aryl methyl sites for hydroxylation is 3. The molecule has 6 nitrogen and oxygen atoms in total. The lowest BCUT2D eigenvalue weighted by atomic mass is 9.96. The van der Waals surface area contributed by atoms with Gasteiger partial charge in [-0.25, -0.2) is 4.98 Å². The molecule has 2 aromatic heterocycles. The summed E-state index contributed by atoms with van der Waals surface area (Å²) in [4.78, 5) is 23.0. The average molecular weight is 397 g/mol. The second kappa shape index (κ2) is 7.47. The Morgan fingerprint density at radius 1 is 1.14 bits per heavy atom. The summed E-state index contributed by atoms with van der Waals surface area (Å²) >= 11 is 1.58. The number of rotatable bonds is 5. The molecule has 28 heavy (non-hydrogen) atoms. The van der Waals surface area contributed by atoms with Gasteiger partial charge in [-0.1, -0.05) is 47.8 Å². The maximum absolute atomic E-state index is 13.0. The lowest BCUT2D eigenvalue weighted by Crippen LogP contribution is -2.45. The Labute approximate surface area is 168 Å². The second-order valence-corrected chi connectivity index (χ2v) is 8.81. The van der Waals surface area contributed by atoms with E-state index in [-0.39, 0.29) is 5.91 Å². The summed E-state index contributed by atoms with van der Waals surface area (Å²) in [6.45, 7) is 5.81. The van der Waals surface area contributed by atoms with E-state index in [0.29, 0.717) is 18.1 Å². The first-order valence-electron chi connectivity index (χ1n) is 9.60. The maximum Gasteiger partial charge on any atom is 0.226 e. The number of carbonyl (C=O) groups excluding carboxylic acids is 1. The molecule has 2 heterocycles. The van der Waals surface area contributed by atoms with Crippen LogP contribution < -0.4 is 5.32 Å². The first kappa shape index (κ1) is 18.8. The molecule has 0 unspecified atom stereocenters. The quantitative estimate of drug-likeness (QED) is 0.697. The van der Waals surface area contributed by atoms with Crippen LogP contribution in [0.1, 0.15) is 52.8 Å². The smallest absolute Gasteiger partial charge is 0.226 e. The number of thiazole rings is 1. The fraction of sp³-hybridized carbons (Fsp3) is 0.429. The molecule has 7 heteroatoms. The van der Waals surface area contributed by atoms with Gasteiger partial charge in [-0.15, -0.1) is 11.3 Å². The topological polar surface area (TPSA) is 80.9 Å². The number of benzene rings is 1. The summed E-state index contributed by atoms with van der Waals surface area (Å²) in [5.41, 5.74) is 2.63. The molecule has 0 atom stereocenters. The van der Waals surface area contributed by atoms with Crippen molar-refractivity contribution in [1.82, 2.24) is 20.4 Å². The fourth-order valence-corrected chi connectivity index (χ4v) is 4.82. The molecule has 1 aliphatic carbocycles. The third kappa shape index (κ3) is 3.71. The van der Waals surface area contributed by atoms with Crippen molar-refractivity contribution in [3.63, 3.8) is 0 Å². The number of hydrogen-bond donors (Lipinski definition) is 1. The molecule has 1 aromatic carbocycles. The summed E-state index contributed by atoms with van der Waals surface area (Å²) in [5, 5.41) is 8.28. The highest BCUT2D eigenvalue weighted by Gasteiger charge is 2.41. The standard InChI is InChI=1S/C21H24N4O2S/c1-13-6-8-16(9-7-13)19-17(28-15(3)23-19)12-18(26)24-21(10-4-5-11-21)20-22-14(2)27-25-20/h6-9H,4-5,10-12H2,1-3H3,(H,24,26). The first-order valence-corrected chi connectivity index (χ1v) is 10.4. The Morgan fingerprint density at radius 2 is 1.86 bits per heavy atom. The van der Waals surface area contributed by atoms with E-state index in [1.54, 1.807) is 18.3 Å². The molecule has 1 fully saturated rings. The molecule has 1 saturated carbocycles. The average Bonchev–Trinajstić information content (AvgIpc) is 3.37. The third-order valence-electron chi connectivity index (χ3n) is 5.24. The number of hydrogen-bond acceptors (Lipinski definition) is 6. The van der Waals surface area contributed by atoms with E-state index >= 15 is 0 Å². The number of amides is 1. The van der Waals surface area contributed by atoms with Gasteiger partial charge in [0.2, 0.25) is 11.8 Å². The number of carbonyl (C=O) groups is 1. The molecule has 3 aromatic rings. The van der Waals surface area contributed by atoms with Gasteiger partial charge in [-0.3, -0.25) is 4.79 Å². The molecule has 1 aliphatic rings. The van der Waals surface area contributed by atoms with E-state index in [9.17, 15) is 4.79 Å². The van der Waals surface area contributed by atoms with Crippen molar-refractivity contribution in [1.29, 1.82) is 0 Å². The van der Waals surface area contributed by atoms with Gasteiger partial charge in [0.05, 0.1) is 17.1 Å². The third-order valence-corrected chi connectivity index (χ3v) is 6.21. The van der Waals surface area contributed by atoms with Crippen LogP contribution in [0.4, 0.5) is 0 Å². The van der Waals surface area contributed by atoms with Crippen LogP contribution in [0, 0.1) is 20.8 Å². The Hall–Kier alpha value is -2.54. The van der Waals surface area contributed by atoms with Crippen LogP contribution in [0.25, 0.3) is 11.3 Å². The lowest BCUT2D eigenvalue weighted by Gasteiger charge is -2.26. The predicted octanol–water partition coefficient (Wildman–Crippen LogP) is 4.25. The van der Waals surface area contributed by atoms with Crippen LogP contribution in [0.5, 0.6) is 0 Å². The van der Waals surface area contributed by atoms with Crippen LogP contribution in [0.3, 0.4) is 0 Å². The predicted molar refractivity (Wildman–Crippen MR) is 108 cm³/mol. The van der Waals surface area contributed by atoms with E-state index in [1.807, 2.05) is 6.92 Å². The highest BCUT2D eigenvalue weighted by atomic mass is 32.1. The Morgan fingerprint density at radius 3 is 2.50 bits per heavy atom. The molecule has 0 spiro atoms. The molecule has 1 amide bonds. The second-order valence-electron chi connectivity index (χ2n) is 7.52. The van der Waals surface area contributed by atoms with E-state index in [4.69, 9.17) is 4.52 Å². The van der Waals surface area contributed by atoms with Gasteiger partial charge in [0.1, 0.15) is 5.54 Å². The van der Waals surface area contributed by atoms with Crippen molar-refractivity contribution in [3.8, 4) is 11.3 Å².